The summed E-state index contributed by atoms with van der Waals surface area (Å²) in [6.07, 6.45) is -1.70. The van der Waals surface area contributed by atoms with Crippen molar-refractivity contribution >= 4 is 11.6 Å². The first-order valence-electron chi connectivity index (χ1n) is 4.64. The van der Waals surface area contributed by atoms with E-state index in [0.717, 1.165) is 0 Å². The Kier molecular flexibility index (Phi) is 3.93. The van der Waals surface area contributed by atoms with Crippen molar-refractivity contribution in [3.8, 4) is 0 Å². The lowest BCUT2D eigenvalue weighted by Crippen LogP contribution is -2.24. The highest BCUT2D eigenvalue weighted by Gasteiger charge is 2.22. The van der Waals surface area contributed by atoms with Gasteiger partial charge in [0.25, 0.3) is 0 Å². The van der Waals surface area contributed by atoms with Gasteiger partial charge >= 0.3 is 0 Å². The van der Waals surface area contributed by atoms with Gasteiger partial charge in [0, 0.05) is 10.6 Å². The van der Waals surface area contributed by atoms with Crippen molar-refractivity contribution < 1.29 is 10.2 Å². The molecule has 0 aromatic heterocycles. The molecule has 0 aliphatic rings. The van der Waals surface area contributed by atoms with Crippen LogP contribution >= 0.6 is 11.6 Å². The van der Waals surface area contributed by atoms with Crippen molar-refractivity contribution in [3.63, 3.8) is 0 Å². The summed E-state index contributed by atoms with van der Waals surface area (Å²) in [6, 6.07) is 7.00. The lowest BCUT2D eigenvalue weighted by atomic mass is 9.96. The maximum atomic E-state index is 9.81. The van der Waals surface area contributed by atoms with Crippen LogP contribution in [0.3, 0.4) is 0 Å². The van der Waals surface area contributed by atoms with Gasteiger partial charge < -0.3 is 10.2 Å². The maximum Gasteiger partial charge on any atom is 0.107 e. The normalized spacial score (nSPS) is 15.6. The molecule has 0 radical (unpaired) electrons. The van der Waals surface area contributed by atoms with E-state index in [9.17, 15) is 10.2 Å². The van der Waals surface area contributed by atoms with Crippen molar-refractivity contribution in [3.05, 3.63) is 34.9 Å². The molecular weight excluding hydrogens is 200 g/mol. The highest BCUT2D eigenvalue weighted by atomic mass is 35.5. The van der Waals surface area contributed by atoms with E-state index in [1.807, 2.05) is 13.8 Å². The fourth-order valence-electron chi connectivity index (χ4n) is 1.26. The first kappa shape index (κ1) is 11.5. The van der Waals surface area contributed by atoms with E-state index in [4.69, 9.17) is 11.6 Å². The zero-order chi connectivity index (χ0) is 10.7. The summed E-state index contributed by atoms with van der Waals surface area (Å²) in [6.45, 7) is 3.70. The molecular formula is C11H15ClO2. The Morgan fingerprint density at radius 3 is 2.21 bits per heavy atom. The highest BCUT2D eigenvalue weighted by molar-refractivity contribution is 6.31. The van der Waals surface area contributed by atoms with Crippen molar-refractivity contribution in [2.24, 2.45) is 5.92 Å². The summed E-state index contributed by atoms with van der Waals surface area (Å²) in [7, 11) is 0. The topological polar surface area (TPSA) is 40.5 Å². The van der Waals surface area contributed by atoms with Crippen molar-refractivity contribution in [1.29, 1.82) is 0 Å². The van der Waals surface area contributed by atoms with E-state index >= 15 is 0 Å². The minimum atomic E-state index is -0.913. The Labute approximate surface area is 89.1 Å². The van der Waals surface area contributed by atoms with Crippen LogP contribution in [0.4, 0.5) is 0 Å². The lowest BCUT2D eigenvalue weighted by molar-refractivity contribution is -0.00934. The molecule has 0 aliphatic carbocycles. The Morgan fingerprint density at radius 2 is 1.71 bits per heavy atom. The van der Waals surface area contributed by atoms with Gasteiger partial charge in [-0.05, 0) is 12.0 Å². The third-order valence-corrected chi connectivity index (χ3v) is 2.57. The molecule has 2 N–H and O–H groups in total. The summed E-state index contributed by atoms with van der Waals surface area (Å²) in [5, 5.41) is 20.0. The fourth-order valence-corrected chi connectivity index (χ4v) is 1.51. The van der Waals surface area contributed by atoms with Crippen molar-refractivity contribution in [2.45, 2.75) is 26.1 Å². The van der Waals surface area contributed by atoms with Crippen LogP contribution in [-0.4, -0.2) is 16.3 Å². The van der Waals surface area contributed by atoms with Gasteiger partial charge in [-0.3, -0.25) is 0 Å². The zero-order valence-corrected chi connectivity index (χ0v) is 9.07. The van der Waals surface area contributed by atoms with Crippen molar-refractivity contribution in [1.82, 2.24) is 0 Å². The van der Waals surface area contributed by atoms with Crippen LogP contribution in [0, 0.1) is 5.92 Å². The largest absolute Gasteiger partial charge is 0.390 e. The third kappa shape index (κ3) is 2.47. The molecule has 1 unspecified atom stereocenters. The van der Waals surface area contributed by atoms with Crippen LogP contribution in [0.15, 0.2) is 24.3 Å². The van der Waals surface area contributed by atoms with Crippen LogP contribution in [-0.2, 0) is 0 Å². The molecule has 14 heavy (non-hydrogen) atoms. The quantitative estimate of drug-likeness (QED) is 0.811. The van der Waals surface area contributed by atoms with E-state index in [2.05, 4.69) is 0 Å². The van der Waals surface area contributed by atoms with Crippen LogP contribution in [0.1, 0.15) is 25.5 Å². The number of benzene rings is 1. The molecule has 0 aliphatic heterocycles. The summed E-state index contributed by atoms with van der Waals surface area (Å²) in [5.74, 6) is 0.00118. The van der Waals surface area contributed by atoms with Crippen LogP contribution < -0.4 is 0 Å². The second-order valence-electron chi connectivity index (χ2n) is 3.70. The lowest BCUT2D eigenvalue weighted by Gasteiger charge is -2.22. The van der Waals surface area contributed by atoms with Crippen molar-refractivity contribution in [2.75, 3.05) is 0 Å². The molecule has 2 atom stereocenters. The molecule has 0 amide bonds. The monoisotopic (exact) mass is 214 g/mol. The van der Waals surface area contributed by atoms with Crippen LogP contribution in [0.5, 0.6) is 0 Å². The molecule has 1 aromatic carbocycles. The molecule has 0 bridgehead atoms. The van der Waals surface area contributed by atoms with E-state index in [1.54, 1.807) is 24.3 Å². The molecule has 3 heteroatoms. The predicted molar refractivity (Wildman–Crippen MR) is 57.3 cm³/mol. The van der Waals surface area contributed by atoms with E-state index < -0.39 is 12.2 Å². The minimum absolute atomic E-state index is 0.00118. The molecule has 1 aromatic rings. The van der Waals surface area contributed by atoms with Gasteiger partial charge in [-0.2, -0.15) is 0 Å². The van der Waals surface area contributed by atoms with Gasteiger partial charge in [0.1, 0.15) is 6.10 Å². The number of hydrogen-bond donors (Lipinski definition) is 2. The van der Waals surface area contributed by atoms with Crippen LogP contribution in [0.2, 0.25) is 5.02 Å². The average molecular weight is 215 g/mol. The van der Waals surface area contributed by atoms with Gasteiger partial charge in [0.05, 0.1) is 6.10 Å². The first-order valence-corrected chi connectivity index (χ1v) is 5.02. The van der Waals surface area contributed by atoms with Gasteiger partial charge in [-0.25, -0.2) is 0 Å². The summed E-state index contributed by atoms with van der Waals surface area (Å²) in [4.78, 5) is 0. The average Bonchev–Trinajstić information content (AvgIpc) is 2.16. The standard InChI is InChI=1S/C11H15ClO2/c1-7(2)10(13)11(14)8-5-3-4-6-9(8)12/h3-7,10-11,13-14H,1-2H3/t10-,11?/m1/s1. The molecule has 78 valence electrons. The molecule has 0 saturated carbocycles. The first-order chi connectivity index (χ1) is 6.54. The zero-order valence-electron chi connectivity index (χ0n) is 8.31. The van der Waals surface area contributed by atoms with Gasteiger partial charge in [0.2, 0.25) is 0 Å². The number of aliphatic hydroxyl groups is 2. The van der Waals surface area contributed by atoms with Crippen LogP contribution in [0.25, 0.3) is 0 Å². The summed E-state index contributed by atoms with van der Waals surface area (Å²) < 4.78 is 0. The Morgan fingerprint density at radius 1 is 1.14 bits per heavy atom. The smallest absolute Gasteiger partial charge is 0.107 e. The summed E-state index contributed by atoms with van der Waals surface area (Å²) in [5.41, 5.74) is 0.579. The molecule has 2 nitrogen and oxygen atoms in total. The third-order valence-electron chi connectivity index (χ3n) is 2.23. The Bertz CT molecular complexity index is 299. The number of aliphatic hydroxyl groups excluding tert-OH is 2. The minimum Gasteiger partial charge on any atom is -0.390 e. The predicted octanol–water partition coefficient (Wildman–Crippen LogP) is 2.39. The Hall–Kier alpha value is -0.570. The fraction of sp³-hybridized carbons (Fsp3) is 0.455. The van der Waals surface area contributed by atoms with Gasteiger partial charge in [-0.15, -0.1) is 0 Å². The molecule has 1 rings (SSSR count). The van der Waals surface area contributed by atoms with E-state index in [1.165, 1.54) is 0 Å². The number of rotatable bonds is 3. The molecule has 0 saturated heterocycles. The second-order valence-corrected chi connectivity index (χ2v) is 4.11. The maximum absolute atomic E-state index is 9.81. The summed E-state index contributed by atoms with van der Waals surface area (Å²) >= 11 is 5.90. The molecule has 0 heterocycles. The SMILES string of the molecule is CC(C)[C@@H](O)C(O)c1ccccc1Cl. The second kappa shape index (κ2) is 4.78. The molecule has 0 fully saturated rings. The Balaban J connectivity index is 2.89. The highest BCUT2D eigenvalue weighted by Crippen LogP contribution is 2.27. The van der Waals surface area contributed by atoms with E-state index in [-0.39, 0.29) is 5.92 Å². The molecule has 0 spiro atoms. The van der Waals surface area contributed by atoms with Gasteiger partial charge in [-0.1, -0.05) is 43.6 Å². The van der Waals surface area contributed by atoms with E-state index in [0.29, 0.717) is 10.6 Å². The number of hydrogen-bond acceptors (Lipinski definition) is 2. The van der Waals surface area contributed by atoms with Gasteiger partial charge in [0.15, 0.2) is 0 Å². The number of halogens is 1.